The second kappa shape index (κ2) is 16.0. The van der Waals surface area contributed by atoms with Crippen molar-refractivity contribution in [3.05, 3.63) is 171 Å². The number of carbonyl (C=O) groups excluding carboxylic acids is 3. The number of amides is 2. The lowest BCUT2D eigenvalue weighted by Crippen LogP contribution is -2.37. The summed E-state index contributed by atoms with van der Waals surface area (Å²) >= 11 is 6.35. The monoisotopic (exact) mass is 726 g/mol. The summed E-state index contributed by atoms with van der Waals surface area (Å²) in [5.41, 5.74) is 6.18. The Morgan fingerprint density at radius 2 is 1.56 bits per heavy atom. The average Bonchev–Trinajstić information content (AvgIpc) is 3.74. The van der Waals surface area contributed by atoms with Crippen LogP contribution in [0.2, 0.25) is 0 Å². The zero-order valence-electron chi connectivity index (χ0n) is 28.2. The highest BCUT2D eigenvalue weighted by Crippen LogP contribution is 2.31. The van der Waals surface area contributed by atoms with Crippen LogP contribution >= 0.6 is 24.0 Å². The van der Waals surface area contributed by atoms with Gasteiger partial charge in [0.2, 0.25) is 0 Å². The van der Waals surface area contributed by atoms with E-state index in [0.717, 1.165) is 27.8 Å². The van der Waals surface area contributed by atoms with Crippen LogP contribution < -0.4 is 5.32 Å². The number of carbonyl (C=O) groups is 3. The van der Waals surface area contributed by atoms with Gasteiger partial charge in [0.05, 0.1) is 23.2 Å². The van der Waals surface area contributed by atoms with Gasteiger partial charge in [-0.15, -0.1) is 0 Å². The molecule has 0 unspecified atom stereocenters. The van der Waals surface area contributed by atoms with Crippen molar-refractivity contribution in [2.45, 2.75) is 38.0 Å². The molecule has 2 atom stereocenters. The summed E-state index contributed by atoms with van der Waals surface area (Å²) < 4.78 is 20.7. The fraction of sp³-hybridized carbons (Fsp3) is 0.163. The van der Waals surface area contributed by atoms with Crippen molar-refractivity contribution in [2.75, 3.05) is 6.54 Å². The van der Waals surface area contributed by atoms with Gasteiger partial charge >= 0.3 is 0 Å². The van der Waals surface area contributed by atoms with Crippen molar-refractivity contribution in [2.24, 2.45) is 0 Å². The highest BCUT2D eigenvalue weighted by Gasteiger charge is 2.37. The molecule has 9 heteroatoms. The highest BCUT2D eigenvalue weighted by atomic mass is 32.2. The summed E-state index contributed by atoms with van der Waals surface area (Å²) in [7, 11) is 0. The van der Waals surface area contributed by atoms with Crippen molar-refractivity contribution >= 4 is 52.0 Å². The Morgan fingerprint density at radius 3 is 2.29 bits per heavy atom. The van der Waals surface area contributed by atoms with Crippen molar-refractivity contribution in [3.8, 4) is 11.1 Å². The van der Waals surface area contributed by atoms with Crippen LogP contribution in [0.4, 0.5) is 4.39 Å². The van der Waals surface area contributed by atoms with Gasteiger partial charge in [-0.1, -0.05) is 121 Å². The number of aryl methyl sites for hydroxylation is 1. The van der Waals surface area contributed by atoms with Gasteiger partial charge in [0.25, 0.3) is 11.8 Å². The second-order valence-electron chi connectivity index (χ2n) is 12.8. The van der Waals surface area contributed by atoms with Crippen LogP contribution in [0.5, 0.6) is 0 Å². The fourth-order valence-corrected chi connectivity index (χ4v) is 7.78. The molecule has 0 spiro atoms. The van der Waals surface area contributed by atoms with E-state index in [1.807, 2.05) is 65.6 Å². The van der Waals surface area contributed by atoms with Crippen LogP contribution in [0.3, 0.4) is 0 Å². The number of ketones is 1. The fourth-order valence-electron chi connectivity index (χ4n) is 6.74. The Hall–Kier alpha value is -5.22. The molecule has 5 aromatic carbocycles. The normalized spacial score (nSPS) is 17.8. The number of likely N-dealkylation sites (tertiary alicyclic amines) is 1. The molecule has 2 aliphatic rings. The third kappa shape index (κ3) is 8.12. The van der Waals surface area contributed by atoms with Gasteiger partial charge in [0, 0.05) is 23.7 Å². The Labute approximate surface area is 311 Å². The Balaban J connectivity index is 1.11. The van der Waals surface area contributed by atoms with E-state index >= 15 is 0 Å². The Kier molecular flexibility index (Phi) is 10.8. The Bertz CT molecular complexity index is 2150. The second-order valence-corrected chi connectivity index (χ2v) is 14.5. The van der Waals surface area contributed by atoms with E-state index in [-0.39, 0.29) is 35.3 Å². The van der Waals surface area contributed by atoms with E-state index < -0.39 is 5.82 Å². The minimum Gasteiger partial charge on any atom is -0.372 e. The maximum Gasteiger partial charge on any atom is 0.263 e. The highest BCUT2D eigenvalue weighted by molar-refractivity contribution is 8.26. The van der Waals surface area contributed by atoms with E-state index in [0.29, 0.717) is 52.8 Å². The maximum atomic E-state index is 14.4. The first-order valence-corrected chi connectivity index (χ1v) is 18.3. The lowest BCUT2D eigenvalue weighted by molar-refractivity contribution is -0.115. The number of halogens is 1. The van der Waals surface area contributed by atoms with E-state index in [9.17, 15) is 18.8 Å². The molecule has 6 nitrogen and oxygen atoms in total. The molecule has 2 aliphatic heterocycles. The average molecular weight is 727 g/mol. The Morgan fingerprint density at radius 1 is 0.865 bits per heavy atom. The minimum atomic E-state index is -0.435. The molecular weight excluding hydrogens is 692 g/mol. The number of nitrogens with zero attached hydrogens (tertiary/aromatic N) is 1. The molecule has 2 amide bonds. The lowest BCUT2D eigenvalue weighted by atomic mass is 9.97. The first-order chi connectivity index (χ1) is 25.3. The summed E-state index contributed by atoms with van der Waals surface area (Å²) in [5.74, 6) is -1.20. The van der Waals surface area contributed by atoms with Crippen LogP contribution in [0.25, 0.3) is 17.2 Å². The minimum absolute atomic E-state index is 0.141. The molecule has 0 saturated carbocycles. The lowest BCUT2D eigenvalue weighted by Gasteiger charge is -2.25. The molecule has 0 aliphatic carbocycles. The van der Waals surface area contributed by atoms with E-state index in [1.165, 1.54) is 36.0 Å². The molecule has 0 radical (unpaired) electrons. The molecule has 2 saturated heterocycles. The summed E-state index contributed by atoms with van der Waals surface area (Å²) in [6.07, 6.45) is 3.65. The molecule has 260 valence electrons. The van der Waals surface area contributed by atoms with Crippen molar-refractivity contribution in [1.29, 1.82) is 0 Å². The number of thiocarbonyl (C=S) groups is 1. The quantitative estimate of drug-likeness (QED) is 0.0835. The molecule has 1 N–H and O–H groups in total. The number of thioether (sulfide) groups is 1. The van der Waals surface area contributed by atoms with Crippen LogP contribution in [-0.4, -0.2) is 45.5 Å². The van der Waals surface area contributed by atoms with E-state index in [4.69, 9.17) is 17.0 Å². The molecule has 2 heterocycles. The topological polar surface area (TPSA) is 75.7 Å². The zero-order chi connectivity index (χ0) is 36.0. The number of hydrogen-bond donors (Lipinski definition) is 1. The van der Waals surface area contributed by atoms with Gasteiger partial charge in [-0.3, -0.25) is 14.4 Å². The van der Waals surface area contributed by atoms with Gasteiger partial charge in [-0.25, -0.2) is 4.39 Å². The van der Waals surface area contributed by atoms with Gasteiger partial charge in [-0.2, -0.15) is 0 Å². The van der Waals surface area contributed by atoms with Crippen molar-refractivity contribution in [1.82, 2.24) is 10.2 Å². The van der Waals surface area contributed by atoms with Gasteiger partial charge in [-0.05, 0) is 83.5 Å². The smallest absolute Gasteiger partial charge is 0.263 e. The third-order valence-electron chi connectivity index (χ3n) is 9.41. The first-order valence-electron chi connectivity index (χ1n) is 17.1. The molecule has 5 aromatic rings. The third-order valence-corrected chi connectivity index (χ3v) is 10.6. The standard InChI is InChI=1S/C43H35FN2O4S2/c44-33-21-19-31(20-22-33)40(47)37-12-6-7-13-38(37)42(49)46-26-35(50-27-32-10-4-5-11-36(32)30-8-2-1-3-9-30)25-34(46)23-18-28-14-16-29(17-15-28)24-39-41(48)45-43(51)52-39/h1-17,19-22,24,34-35H,18,23,25-27H2,(H,45,48,51)/t34-,35-/m1/s1. The van der Waals surface area contributed by atoms with Crippen LogP contribution in [0.1, 0.15) is 55.8 Å². The van der Waals surface area contributed by atoms with Crippen molar-refractivity contribution in [3.63, 3.8) is 0 Å². The van der Waals surface area contributed by atoms with Crippen molar-refractivity contribution < 1.29 is 23.5 Å². The summed E-state index contributed by atoms with van der Waals surface area (Å²) in [5, 5.41) is 2.64. The summed E-state index contributed by atoms with van der Waals surface area (Å²) in [6.45, 7) is 0.770. The molecule has 7 rings (SSSR count). The molecule has 2 fully saturated rings. The molecule has 52 heavy (non-hydrogen) atoms. The zero-order valence-corrected chi connectivity index (χ0v) is 29.8. The predicted octanol–water partition coefficient (Wildman–Crippen LogP) is 8.65. The molecule has 0 bridgehead atoms. The SMILES string of the molecule is O=C1NC(=S)SC1=Cc1ccc(CC[C@@H]2C[C@@H](OCc3ccccc3-c3ccccc3)CN2C(=O)c2ccccc2C(=O)c2ccc(F)cc2)cc1. The summed E-state index contributed by atoms with van der Waals surface area (Å²) in [6, 6.07) is 38.5. The number of ether oxygens (including phenoxy) is 1. The first kappa shape index (κ1) is 35.2. The van der Waals surface area contributed by atoms with E-state index in [2.05, 4.69) is 29.6 Å². The number of nitrogens with one attached hydrogen (secondary N) is 1. The van der Waals surface area contributed by atoms with Crippen LogP contribution in [0.15, 0.2) is 132 Å². The van der Waals surface area contributed by atoms with Gasteiger partial charge in [0.1, 0.15) is 10.1 Å². The van der Waals surface area contributed by atoms with Crippen LogP contribution in [0, 0.1) is 5.82 Å². The largest absolute Gasteiger partial charge is 0.372 e. The van der Waals surface area contributed by atoms with E-state index in [1.54, 1.807) is 24.3 Å². The molecule has 0 aromatic heterocycles. The predicted molar refractivity (Wildman–Crippen MR) is 207 cm³/mol. The molecular formula is C43H35FN2O4S2. The number of rotatable bonds is 11. The number of hydrogen-bond acceptors (Lipinski definition) is 6. The van der Waals surface area contributed by atoms with Gasteiger partial charge in [0.15, 0.2) is 5.78 Å². The summed E-state index contributed by atoms with van der Waals surface area (Å²) in [4.78, 5) is 42.5. The van der Waals surface area contributed by atoms with Crippen LogP contribution in [-0.2, 0) is 22.6 Å². The van der Waals surface area contributed by atoms with Gasteiger partial charge < -0.3 is 15.0 Å². The maximum absolute atomic E-state index is 14.4. The number of benzene rings is 5.